The van der Waals surface area contributed by atoms with Gasteiger partial charge in [-0.2, -0.15) is 0 Å². The molecule has 21 heavy (non-hydrogen) atoms. The molecule has 1 aliphatic rings. The number of nitrogens with one attached hydrogen (secondary N) is 1. The van der Waals surface area contributed by atoms with Crippen LogP contribution in [0.15, 0.2) is 41.0 Å². The number of benzene rings is 1. The molecule has 1 heterocycles. The van der Waals surface area contributed by atoms with Crippen LogP contribution in [-0.4, -0.2) is 17.0 Å². The molecular formula is C16H15NO4. The topological polar surface area (TPSA) is 79.5 Å². The van der Waals surface area contributed by atoms with Gasteiger partial charge in [0.2, 0.25) is 5.91 Å². The Hall–Kier alpha value is -2.56. The van der Waals surface area contributed by atoms with Crippen molar-refractivity contribution in [3.63, 3.8) is 0 Å². The van der Waals surface area contributed by atoms with Crippen LogP contribution in [0.1, 0.15) is 34.0 Å². The quantitative estimate of drug-likeness (QED) is 0.905. The summed E-state index contributed by atoms with van der Waals surface area (Å²) in [7, 11) is 0. The Bertz CT molecular complexity index is 690. The van der Waals surface area contributed by atoms with Crippen LogP contribution in [0.25, 0.3) is 0 Å². The number of aromatic carboxylic acids is 1. The number of amides is 1. The maximum Gasteiger partial charge on any atom is 0.335 e. The smallest absolute Gasteiger partial charge is 0.335 e. The highest BCUT2D eigenvalue weighted by atomic mass is 16.4. The Morgan fingerprint density at radius 1 is 1.33 bits per heavy atom. The fourth-order valence-corrected chi connectivity index (χ4v) is 2.52. The van der Waals surface area contributed by atoms with E-state index in [1.807, 2.05) is 12.1 Å². The number of aryl methyl sites for hydroxylation is 1. The minimum absolute atomic E-state index is 0.0566. The van der Waals surface area contributed by atoms with Crippen molar-refractivity contribution in [3.05, 3.63) is 53.5 Å². The lowest BCUT2D eigenvalue weighted by Crippen LogP contribution is -2.15. The summed E-state index contributed by atoms with van der Waals surface area (Å²) >= 11 is 0. The lowest BCUT2D eigenvalue weighted by Gasteiger charge is -2.07. The SMILES string of the molecule is Cc1cc(NC(=O)[C@@H]2C[C@H]2c2ccco2)ccc1C(=O)O. The maximum absolute atomic E-state index is 12.1. The molecule has 0 unspecified atom stereocenters. The highest BCUT2D eigenvalue weighted by Gasteiger charge is 2.45. The monoisotopic (exact) mass is 285 g/mol. The van der Waals surface area contributed by atoms with E-state index in [1.165, 1.54) is 6.07 Å². The molecule has 5 nitrogen and oxygen atoms in total. The number of anilines is 1. The summed E-state index contributed by atoms with van der Waals surface area (Å²) in [6.07, 6.45) is 2.39. The van der Waals surface area contributed by atoms with Gasteiger partial charge in [-0.25, -0.2) is 4.79 Å². The van der Waals surface area contributed by atoms with E-state index in [1.54, 1.807) is 25.3 Å². The van der Waals surface area contributed by atoms with E-state index in [0.717, 1.165) is 12.2 Å². The first-order valence-electron chi connectivity index (χ1n) is 6.74. The van der Waals surface area contributed by atoms with Gasteiger partial charge in [0.15, 0.2) is 0 Å². The van der Waals surface area contributed by atoms with Gasteiger partial charge in [0.05, 0.1) is 11.8 Å². The van der Waals surface area contributed by atoms with Gasteiger partial charge in [-0.3, -0.25) is 4.79 Å². The predicted molar refractivity (Wildman–Crippen MR) is 76.3 cm³/mol. The predicted octanol–water partition coefficient (Wildman–Crippen LogP) is 3.03. The first-order chi connectivity index (χ1) is 10.1. The summed E-state index contributed by atoms with van der Waals surface area (Å²) < 4.78 is 5.30. The molecule has 2 atom stereocenters. The lowest BCUT2D eigenvalue weighted by atomic mass is 10.1. The molecule has 1 amide bonds. The third-order valence-corrected chi connectivity index (χ3v) is 3.76. The van der Waals surface area contributed by atoms with Crippen molar-refractivity contribution in [3.8, 4) is 0 Å². The highest BCUT2D eigenvalue weighted by Crippen LogP contribution is 2.48. The lowest BCUT2D eigenvalue weighted by molar-refractivity contribution is -0.117. The molecule has 1 aromatic heterocycles. The molecule has 108 valence electrons. The van der Waals surface area contributed by atoms with Gasteiger partial charge in [-0.15, -0.1) is 0 Å². The standard InChI is InChI=1S/C16H15NO4/c1-9-7-10(4-5-11(9)16(19)20)17-15(18)13-8-12(13)14-3-2-6-21-14/h2-7,12-13H,8H2,1H3,(H,17,18)(H,19,20)/t12-,13-/m1/s1. The molecule has 1 fully saturated rings. The number of carbonyl (C=O) groups is 2. The Kier molecular flexibility index (Phi) is 3.25. The molecule has 0 aliphatic heterocycles. The second-order valence-electron chi connectivity index (χ2n) is 5.29. The molecule has 0 bridgehead atoms. The van der Waals surface area contributed by atoms with E-state index in [2.05, 4.69) is 5.32 Å². The summed E-state index contributed by atoms with van der Waals surface area (Å²) in [6, 6.07) is 8.48. The molecule has 3 rings (SSSR count). The summed E-state index contributed by atoms with van der Waals surface area (Å²) in [5.74, 6) is -0.105. The third-order valence-electron chi connectivity index (χ3n) is 3.76. The Morgan fingerprint density at radius 3 is 2.76 bits per heavy atom. The van der Waals surface area contributed by atoms with Crippen LogP contribution in [0.3, 0.4) is 0 Å². The second kappa shape index (κ2) is 5.09. The van der Waals surface area contributed by atoms with Crippen molar-refractivity contribution < 1.29 is 19.1 Å². The average Bonchev–Trinajstić information content (AvgIpc) is 3.05. The van der Waals surface area contributed by atoms with Gasteiger partial charge in [0, 0.05) is 17.5 Å². The minimum atomic E-state index is -0.967. The number of hydrogen-bond acceptors (Lipinski definition) is 3. The molecular weight excluding hydrogens is 270 g/mol. The zero-order valence-corrected chi connectivity index (χ0v) is 11.5. The zero-order valence-electron chi connectivity index (χ0n) is 11.5. The zero-order chi connectivity index (χ0) is 15.0. The van der Waals surface area contributed by atoms with Crippen molar-refractivity contribution in [2.24, 2.45) is 5.92 Å². The van der Waals surface area contributed by atoms with Crippen molar-refractivity contribution in [1.29, 1.82) is 0 Å². The third kappa shape index (κ3) is 2.67. The summed E-state index contributed by atoms with van der Waals surface area (Å²) in [5.41, 5.74) is 1.49. The molecule has 5 heteroatoms. The molecule has 1 aliphatic carbocycles. The molecule has 2 N–H and O–H groups in total. The summed E-state index contributed by atoms with van der Waals surface area (Å²) in [4.78, 5) is 23.1. The van der Waals surface area contributed by atoms with Crippen LogP contribution < -0.4 is 5.32 Å². The van der Waals surface area contributed by atoms with Gasteiger partial charge >= 0.3 is 5.97 Å². The molecule has 1 aromatic carbocycles. The van der Waals surface area contributed by atoms with E-state index >= 15 is 0 Å². The number of carbonyl (C=O) groups excluding carboxylic acids is 1. The van der Waals surface area contributed by atoms with Crippen LogP contribution in [0.5, 0.6) is 0 Å². The van der Waals surface area contributed by atoms with Crippen LogP contribution in [0.4, 0.5) is 5.69 Å². The van der Waals surface area contributed by atoms with Gasteiger partial charge < -0.3 is 14.8 Å². The van der Waals surface area contributed by atoms with Crippen molar-refractivity contribution in [1.82, 2.24) is 0 Å². The molecule has 1 saturated carbocycles. The van der Waals surface area contributed by atoms with E-state index in [0.29, 0.717) is 11.3 Å². The van der Waals surface area contributed by atoms with Gasteiger partial charge in [-0.1, -0.05) is 0 Å². The molecule has 2 aromatic rings. The van der Waals surface area contributed by atoms with Crippen LogP contribution in [0, 0.1) is 12.8 Å². The number of carboxylic acids is 1. The average molecular weight is 285 g/mol. The Morgan fingerprint density at radius 2 is 2.14 bits per heavy atom. The van der Waals surface area contributed by atoms with Gasteiger partial charge in [0.25, 0.3) is 0 Å². The normalized spacial score (nSPS) is 20.0. The van der Waals surface area contributed by atoms with E-state index in [4.69, 9.17) is 9.52 Å². The van der Waals surface area contributed by atoms with Gasteiger partial charge in [0.1, 0.15) is 5.76 Å². The van der Waals surface area contributed by atoms with E-state index < -0.39 is 5.97 Å². The Balaban J connectivity index is 1.66. The van der Waals surface area contributed by atoms with E-state index in [-0.39, 0.29) is 23.3 Å². The number of furan rings is 1. The fourth-order valence-electron chi connectivity index (χ4n) is 2.52. The first-order valence-corrected chi connectivity index (χ1v) is 6.74. The molecule has 0 spiro atoms. The molecule has 0 radical (unpaired) electrons. The van der Waals surface area contributed by atoms with Crippen molar-refractivity contribution >= 4 is 17.6 Å². The Labute approximate surface area is 121 Å². The number of rotatable bonds is 4. The van der Waals surface area contributed by atoms with Crippen molar-refractivity contribution in [2.45, 2.75) is 19.3 Å². The summed E-state index contributed by atoms with van der Waals surface area (Å²) in [5, 5.41) is 11.8. The fraction of sp³-hybridized carbons (Fsp3) is 0.250. The van der Waals surface area contributed by atoms with Gasteiger partial charge in [-0.05, 0) is 49.2 Å². The second-order valence-corrected chi connectivity index (χ2v) is 5.29. The molecule has 0 saturated heterocycles. The largest absolute Gasteiger partial charge is 0.478 e. The van der Waals surface area contributed by atoms with Crippen LogP contribution >= 0.6 is 0 Å². The summed E-state index contributed by atoms with van der Waals surface area (Å²) in [6.45, 7) is 1.71. The maximum atomic E-state index is 12.1. The first kappa shape index (κ1) is 13.4. The highest BCUT2D eigenvalue weighted by molar-refractivity contribution is 5.96. The van der Waals surface area contributed by atoms with E-state index in [9.17, 15) is 9.59 Å². The van der Waals surface area contributed by atoms with Crippen LogP contribution in [0.2, 0.25) is 0 Å². The minimum Gasteiger partial charge on any atom is -0.478 e. The number of hydrogen-bond donors (Lipinski definition) is 2. The van der Waals surface area contributed by atoms with Crippen molar-refractivity contribution in [2.75, 3.05) is 5.32 Å². The number of carboxylic acid groups (broad SMARTS) is 1. The van der Waals surface area contributed by atoms with Crippen LogP contribution in [-0.2, 0) is 4.79 Å².